The minimum Gasteiger partial charge on any atom is -0.490 e. The molecule has 0 radical (unpaired) electrons. The van der Waals surface area contributed by atoms with Gasteiger partial charge in [0.1, 0.15) is 0 Å². The number of nitro groups is 1. The first-order chi connectivity index (χ1) is 12.9. The minimum atomic E-state index is -0.640. The fourth-order valence-electron chi connectivity index (χ4n) is 2.30. The molecule has 0 unspecified atom stereocenters. The summed E-state index contributed by atoms with van der Waals surface area (Å²) in [4.78, 5) is 34.3. The maximum absolute atomic E-state index is 12.1. The highest BCUT2D eigenvalue weighted by Gasteiger charge is 2.18. The van der Waals surface area contributed by atoms with Crippen molar-refractivity contribution in [2.24, 2.45) is 0 Å². The average molecular weight is 392 g/mol. The summed E-state index contributed by atoms with van der Waals surface area (Å²) >= 11 is 5.81. The van der Waals surface area contributed by atoms with Crippen LogP contribution in [0.15, 0.2) is 42.5 Å². The Kier molecular flexibility index (Phi) is 7.13. The third kappa shape index (κ3) is 5.96. The summed E-state index contributed by atoms with van der Waals surface area (Å²) in [6.07, 6.45) is 0.627. The van der Waals surface area contributed by atoms with E-state index in [0.29, 0.717) is 18.0 Å². The van der Waals surface area contributed by atoms with E-state index in [-0.39, 0.29) is 29.5 Å². The zero-order valence-corrected chi connectivity index (χ0v) is 15.3. The van der Waals surface area contributed by atoms with Gasteiger partial charge >= 0.3 is 5.69 Å². The molecule has 27 heavy (non-hydrogen) atoms. The molecule has 0 heterocycles. The van der Waals surface area contributed by atoms with Crippen LogP contribution < -0.4 is 15.4 Å². The van der Waals surface area contributed by atoms with Crippen LogP contribution >= 0.6 is 11.6 Å². The number of hydrogen-bond acceptors (Lipinski definition) is 5. The first-order valence-electron chi connectivity index (χ1n) is 8.02. The van der Waals surface area contributed by atoms with E-state index in [0.717, 1.165) is 11.6 Å². The number of methoxy groups -OCH3 is 1. The van der Waals surface area contributed by atoms with Crippen molar-refractivity contribution in [1.82, 2.24) is 10.6 Å². The van der Waals surface area contributed by atoms with E-state index in [1.165, 1.54) is 19.2 Å². The molecule has 0 spiro atoms. The molecule has 0 bridgehead atoms. The molecule has 0 aliphatic rings. The SMILES string of the molecule is COc1ccc(C(=O)NCC(=O)NCCc2ccc(Cl)cc2)cc1[N+](=O)[O-]. The van der Waals surface area contributed by atoms with Gasteiger partial charge in [0.05, 0.1) is 18.6 Å². The van der Waals surface area contributed by atoms with Gasteiger partial charge in [0, 0.05) is 23.2 Å². The second-order valence-electron chi connectivity index (χ2n) is 5.55. The molecule has 2 amide bonds. The van der Waals surface area contributed by atoms with Gasteiger partial charge in [-0.15, -0.1) is 0 Å². The van der Waals surface area contributed by atoms with E-state index in [2.05, 4.69) is 10.6 Å². The van der Waals surface area contributed by atoms with Gasteiger partial charge < -0.3 is 15.4 Å². The summed E-state index contributed by atoms with van der Waals surface area (Å²) in [5.41, 5.74) is 0.767. The number of halogens is 1. The molecule has 0 aromatic heterocycles. The normalized spacial score (nSPS) is 10.1. The van der Waals surface area contributed by atoms with E-state index < -0.39 is 10.8 Å². The summed E-state index contributed by atoms with van der Waals surface area (Å²) in [7, 11) is 1.30. The van der Waals surface area contributed by atoms with Crippen molar-refractivity contribution >= 4 is 29.1 Å². The van der Waals surface area contributed by atoms with Gasteiger partial charge in [0.2, 0.25) is 5.91 Å². The molecule has 0 atom stereocenters. The topological polar surface area (TPSA) is 111 Å². The molecule has 0 saturated carbocycles. The quantitative estimate of drug-likeness (QED) is 0.530. The number of carbonyl (C=O) groups excluding carboxylic acids is 2. The van der Waals surface area contributed by atoms with Crippen molar-refractivity contribution in [3.05, 3.63) is 68.7 Å². The first kappa shape index (κ1) is 20.2. The van der Waals surface area contributed by atoms with Crippen molar-refractivity contribution in [2.45, 2.75) is 6.42 Å². The zero-order chi connectivity index (χ0) is 19.8. The molecule has 2 N–H and O–H groups in total. The Balaban J connectivity index is 1.82. The molecule has 2 aromatic carbocycles. The van der Waals surface area contributed by atoms with Gasteiger partial charge in [-0.05, 0) is 36.2 Å². The number of nitrogens with one attached hydrogen (secondary N) is 2. The van der Waals surface area contributed by atoms with Crippen LogP contribution in [-0.2, 0) is 11.2 Å². The number of nitrogens with zero attached hydrogens (tertiary/aromatic N) is 1. The van der Waals surface area contributed by atoms with E-state index in [1.54, 1.807) is 12.1 Å². The Morgan fingerprint density at radius 3 is 2.48 bits per heavy atom. The molecule has 142 valence electrons. The first-order valence-corrected chi connectivity index (χ1v) is 8.40. The van der Waals surface area contributed by atoms with E-state index >= 15 is 0 Å². The molecule has 0 aliphatic heterocycles. The Morgan fingerprint density at radius 2 is 1.85 bits per heavy atom. The van der Waals surface area contributed by atoms with E-state index in [9.17, 15) is 19.7 Å². The van der Waals surface area contributed by atoms with Gasteiger partial charge in [-0.2, -0.15) is 0 Å². The highest BCUT2D eigenvalue weighted by atomic mass is 35.5. The molecule has 0 saturated heterocycles. The number of benzene rings is 2. The number of amides is 2. The number of carbonyl (C=O) groups is 2. The van der Waals surface area contributed by atoms with Crippen LogP contribution in [0.4, 0.5) is 5.69 Å². The third-order valence-corrected chi connectivity index (χ3v) is 3.95. The smallest absolute Gasteiger partial charge is 0.311 e. The predicted octanol–water partition coefficient (Wildman–Crippen LogP) is 2.35. The molecular weight excluding hydrogens is 374 g/mol. The van der Waals surface area contributed by atoms with Crippen LogP contribution in [-0.4, -0.2) is 36.9 Å². The fraction of sp³-hybridized carbons (Fsp3) is 0.222. The lowest BCUT2D eigenvalue weighted by Crippen LogP contribution is -2.37. The van der Waals surface area contributed by atoms with Crippen molar-refractivity contribution in [3.63, 3.8) is 0 Å². The highest BCUT2D eigenvalue weighted by molar-refractivity contribution is 6.30. The maximum Gasteiger partial charge on any atom is 0.311 e. The second-order valence-corrected chi connectivity index (χ2v) is 5.99. The molecule has 9 heteroatoms. The van der Waals surface area contributed by atoms with Crippen LogP contribution in [0.3, 0.4) is 0 Å². The summed E-state index contributed by atoms with van der Waals surface area (Å²) < 4.78 is 4.88. The Bertz CT molecular complexity index is 839. The monoisotopic (exact) mass is 391 g/mol. The second kappa shape index (κ2) is 9.54. The molecule has 2 rings (SSSR count). The molecule has 0 aliphatic carbocycles. The minimum absolute atomic E-state index is 0.0523. The third-order valence-electron chi connectivity index (χ3n) is 3.70. The molecule has 8 nitrogen and oxygen atoms in total. The standard InChI is InChI=1S/C18H18ClN3O5/c1-27-16-7-4-13(10-15(16)22(25)26)18(24)21-11-17(23)20-9-8-12-2-5-14(19)6-3-12/h2-7,10H,8-9,11H2,1H3,(H,20,23)(H,21,24). The molecule has 2 aromatic rings. The van der Waals surface area contributed by atoms with Gasteiger partial charge in [-0.3, -0.25) is 19.7 Å². The number of ether oxygens (including phenoxy) is 1. The van der Waals surface area contributed by atoms with Crippen molar-refractivity contribution < 1.29 is 19.2 Å². The maximum atomic E-state index is 12.1. The van der Waals surface area contributed by atoms with Gasteiger partial charge in [0.25, 0.3) is 5.91 Å². The van der Waals surface area contributed by atoms with Crippen LogP contribution in [0, 0.1) is 10.1 Å². The molecule has 0 fully saturated rings. The summed E-state index contributed by atoms with van der Waals surface area (Å²) in [6, 6.07) is 11.1. The highest BCUT2D eigenvalue weighted by Crippen LogP contribution is 2.27. The van der Waals surface area contributed by atoms with Gasteiger partial charge in [0.15, 0.2) is 5.75 Å². The zero-order valence-electron chi connectivity index (χ0n) is 14.5. The largest absolute Gasteiger partial charge is 0.490 e. The van der Waals surface area contributed by atoms with Crippen molar-refractivity contribution in [2.75, 3.05) is 20.2 Å². The lowest BCUT2D eigenvalue weighted by Gasteiger charge is -2.08. The van der Waals surface area contributed by atoms with Gasteiger partial charge in [-0.25, -0.2) is 0 Å². The number of nitro benzene ring substituents is 1. The van der Waals surface area contributed by atoms with Crippen LogP contribution in [0.25, 0.3) is 0 Å². The Hall–Kier alpha value is -3.13. The summed E-state index contributed by atoms with van der Waals surface area (Å²) in [6.45, 7) is 0.170. The lowest BCUT2D eigenvalue weighted by molar-refractivity contribution is -0.385. The van der Waals surface area contributed by atoms with Crippen molar-refractivity contribution in [3.8, 4) is 5.75 Å². The molecular formula is C18H18ClN3O5. The number of rotatable bonds is 8. The van der Waals surface area contributed by atoms with Crippen LogP contribution in [0.2, 0.25) is 5.02 Å². The summed E-state index contributed by atoms with van der Waals surface area (Å²) in [5, 5.41) is 16.8. The van der Waals surface area contributed by atoms with Crippen molar-refractivity contribution in [1.29, 1.82) is 0 Å². The van der Waals surface area contributed by atoms with Crippen LogP contribution in [0.1, 0.15) is 15.9 Å². The average Bonchev–Trinajstić information content (AvgIpc) is 2.67. The van der Waals surface area contributed by atoms with E-state index in [1.807, 2.05) is 12.1 Å². The Morgan fingerprint density at radius 1 is 1.15 bits per heavy atom. The van der Waals surface area contributed by atoms with Crippen LogP contribution in [0.5, 0.6) is 5.75 Å². The number of hydrogen-bond donors (Lipinski definition) is 2. The fourth-order valence-corrected chi connectivity index (χ4v) is 2.42. The summed E-state index contributed by atoms with van der Waals surface area (Å²) in [5.74, 6) is -0.898. The van der Waals surface area contributed by atoms with Gasteiger partial charge in [-0.1, -0.05) is 23.7 Å². The van der Waals surface area contributed by atoms with E-state index in [4.69, 9.17) is 16.3 Å². The lowest BCUT2D eigenvalue weighted by atomic mass is 10.1. The predicted molar refractivity (Wildman–Crippen MR) is 100 cm³/mol. The Labute approximate surface area is 160 Å².